The van der Waals surface area contributed by atoms with Crippen molar-refractivity contribution in [3.63, 3.8) is 0 Å². The first kappa shape index (κ1) is 46.8. The molecule has 0 radical (unpaired) electrons. The molecule has 0 spiro atoms. The highest BCUT2D eigenvalue weighted by Crippen LogP contribution is 2.30. The highest BCUT2D eigenvalue weighted by molar-refractivity contribution is 5.88. The molecule has 360 valence electrons. The van der Waals surface area contributed by atoms with Crippen LogP contribution in [0.25, 0.3) is 21.8 Å². The molecule has 0 bridgehead atoms. The van der Waals surface area contributed by atoms with E-state index in [-0.39, 0.29) is 60.7 Å². The van der Waals surface area contributed by atoms with Crippen LogP contribution in [0.1, 0.15) is 112 Å². The van der Waals surface area contributed by atoms with Crippen molar-refractivity contribution in [1.29, 1.82) is 0 Å². The van der Waals surface area contributed by atoms with E-state index in [2.05, 4.69) is 22.2 Å². The molecule has 2 saturated carbocycles. The summed E-state index contributed by atoms with van der Waals surface area (Å²) in [6.07, 6.45) is 15.5. The molecule has 5 aliphatic rings. The summed E-state index contributed by atoms with van der Waals surface area (Å²) in [7, 11) is 2.17. The van der Waals surface area contributed by atoms with Crippen molar-refractivity contribution >= 4 is 45.7 Å². The molecule has 3 saturated heterocycles. The predicted molar refractivity (Wildman–Crippen MR) is 256 cm³/mol. The fourth-order valence-corrected chi connectivity index (χ4v) is 11.5. The number of urea groups is 1. The zero-order valence-corrected chi connectivity index (χ0v) is 39.7. The monoisotopic (exact) mass is 919 g/mol. The molecular weight excluding hydrogens is 849 g/mol. The number of likely N-dealkylation sites (tertiary alicyclic amines) is 2. The van der Waals surface area contributed by atoms with Gasteiger partial charge in [-0.1, -0.05) is 62.8 Å². The number of piperidine rings is 2. The van der Waals surface area contributed by atoms with Crippen LogP contribution in [0.3, 0.4) is 0 Å². The number of ether oxygens (including phenoxy) is 2. The number of aromatic nitrogens is 3. The summed E-state index contributed by atoms with van der Waals surface area (Å²) < 4.78 is 14.8. The fourth-order valence-electron chi connectivity index (χ4n) is 11.5. The van der Waals surface area contributed by atoms with Crippen LogP contribution in [-0.2, 0) is 43.7 Å². The number of para-hydroxylation sites is 1. The highest BCUT2D eigenvalue weighted by atomic mass is 16.5. The number of hydrogen-bond donors (Lipinski definition) is 1. The van der Waals surface area contributed by atoms with Crippen LogP contribution in [-0.4, -0.2) is 129 Å². The minimum absolute atomic E-state index is 0.0437. The maximum absolute atomic E-state index is 14.6. The van der Waals surface area contributed by atoms with Crippen LogP contribution in [0, 0.1) is 18.8 Å². The summed E-state index contributed by atoms with van der Waals surface area (Å²) in [6.45, 7) is 7.76. The van der Waals surface area contributed by atoms with Gasteiger partial charge in [0.1, 0.15) is 6.04 Å². The molecule has 1 atom stereocenters. The Bertz CT molecular complexity index is 2450. The van der Waals surface area contributed by atoms with E-state index in [0.717, 1.165) is 130 Å². The number of pyridine rings is 1. The summed E-state index contributed by atoms with van der Waals surface area (Å²) >= 11 is 0. The highest BCUT2D eigenvalue weighted by Gasteiger charge is 2.35. The van der Waals surface area contributed by atoms with Crippen molar-refractivity contribution in [2.24, 2.45) is 11.8 Å². The third-order valence-corrected chi connectivity index (χ3v) is 15.6. The van der Waals surface area contributed by atoms with Crippen LogP contribution in [0.15, 0.2) is 53.5 Å². The molecule has 2 aromatic heterocycles. The van der Waals surface area contributed by atoms with Gasteiger partial charge in [0.25, 0.3) is 5.56 Å². The molecule has 9 rings (SSSR count). The fraction of sp³-hybridized carbons (Fsp3) is 0.615. The standard InChI is InChI=1S/C52H70N8O7/c1-36-29-37(30-42-33-59(54-47(36)42)34-66-50(63)39-11-5-3-6-12-39)31-45(49(62)57-27-25-56(26-28-57)43-19-21-55(2)22-20-43)53-52(65)58-23-17-38(18-24-58)44-32-41-15-9-10-16-46(41)60(48(44)61)35-67-51(64)40-13-7-4-8-14-40/h9-10,15-16,29-30,32-33,38-40,43,45H,3-8,11-14,17-28,31,34-35H2,1-2H3,(H,53,65). The maximum atomic E-state index is 14.6. The van der Waals surface area contributed by atoms with Crippen LogP contribution in [0.2, 0.25) is 0 Å². The molecule has 15 heteroatoms. The number of nitrogens with zero attached hydrogens (tertiary/aromatic N) is 7. The Hall–Kier alpha value is -5.28. The van der Waals surface area contributed by atoms with Gasteiger partial charge in [0, 0.05) is 68.9 Å². The minimum Gasteiger partial charge on any atom is -0.444 e. The van der Waals surface area contributed by atoms with Gasteiger partial charge in [-0.2, -0.15) is 5.10 Å². The molecule has 3 aliphatic heterocycles. The molecule has 2 aromatic carbocycles. The summed E-state index contributed by atoms with van der Waals surface area (Å²) in [5.41, 5.74) is 3.86. The minimum atomic E-state index is -0.799. The van der Waals surface area contributed by atoms with E-state index in [4.69, 9.17) is 14.6 Å². The lowest BCUT2D eigenvalue weighted by Crippen LogP contribution is -2.59. The summed E-state index contributed by atoms with van der Waals surface area (Å²) in [6, 6.07) is 13.2. The van der Waals surface area contributed by atoms with E-state index >= 15 is 0 Å². The van der Waals surface area contributed by atoms with Gasteiger partial charge in [-0.3, -0.25) is 28.6 Å². The lowest BCUT2D eigenvalue weighted by atomic mass is 9.89. The first-order valence-electron chi connectivity index (χ1n) is 25.3. The van der Waals surface area contributed by atoms with Gasteiger partial charge in [0.2, 0.25) is 5.91 Å². The van der Waals surface area contributed by atoms with Crippen molar-refractivity contribution in [3.8, 4) is 0 Å². The smallest absolute Gasteiger partial charge is 0.318 e. The van der Waals surface area contributed by atoms with Gasteiger partial charge >= 0.3 is 18.0 Å². The number of benzene rings is 2. The Morgan fingerprint density at radius 2 is 1.36 bits per heavy atom. The van der Waals surface area contributed by atoms with Gasteiger partial charge in [0.15, 0.2) is 13.5 Å². The number of hydrogen-bond acceptors (Lipinski definition) is 10. The molecule has 67 heavy (non-hydrogen) atoms. The molecule has 1 N–H and O–H groups in total. The molecule has 15 nitrogen and oxygen atoms in total. The second kappa shape index (κ2) is 21.3. The van der Waals surface area contributed by atoms with E-state index in [9.17, 15) is 24.0 Å². The predicted octanol–water partition coefficient (Wildman–Crippen LogP) is 6.56. The van der Waals surface area contributed by atoms with Crippen LogP contribution in [0.5, 0.6) is 0 Å². The van der Waals surface area contributed by atoms with Gasteiger partial charge in [0.05, 0.1) is 22.9 Å². The molecule has 5 fully saturated rings. The molecule has 4 aromatic rings. The number of rotatable bonds is 12. The van der Waals surface area contributed by atoms with Crippen molar-refractivity contribution in [1.82, 2.24) is 39.3 Å². The van der Waals surface area contributed by atoms with E-state index < -0.39 is 6.04 Å². The Morgan fingerprint density at radius 3 is 2.03 bits per heavy atom. The summed E-state index contributed by atoms with van der Waals surface area (Å²) in [5.74, 6) is -0.732. The van der Waals surface area contributed by atoms with E-state index in [0.29, 0.717) is 57.0 Å². The molecular formula is C52H70N8O7. The number of amides is 3. The maximum Gasteiger partial charge on any atom is 0.318 e. The first-order chi connectivity index (χ1) is 32.6. The zero-order chi connectivity index (χ0) is 46.4. The molecule has 2 aliphatic carbocycles. The molecule has 1 unspecified atom stereocenters. The quantitative estimate of drug-likeness (QED) is 0.155. The number of carbonyl (C=O) groups is 4. The average molecular weight is 919 g/mol. The Balaban J connectivity index is 0.880. The largest absolute Gasteiger partial charge is 0.444 e. The second-order valence-corrected chi connectivity index (χ2v) is 20.1. The average Bonchev–Trinajstić information content (AvgIpc) is 3.79. The van der Waals surface area contributed by atoms with Crippen molar-refractivity contribution in [2.75, 3.05) is 59.4 Å². The second-order valence-electron chi connectivity index (χ2n) is 20.1. The van der Waals surface area contributed by atoms with E-state index in [1.807, 2.05) is 60.5 Å². The lowest BCUT2D eigenvalue weighted by molar-refractivity contribution is -0.154. The van der Waals surface area contributed by atoms with E-state index in [1.165, 1.54) is 6.42 Å². The number of fused-ring (bicyclic) bond motifs is 2. The SMILES string of the molecule is Cc1cc(CC(NC(=O)N2CCC(c3cc4ccccc4n(COC(=O)C4CCCCC4)c3=O)CC2)C(=O)N2CCN(C3CCN(C)CC3)CC2)cc2cn(COC(=O)C3CCCCC3)nc12. The summed E-state index contributed by atoms with van der Waals surface area (Å²) in [4.78, 5) is 77.5. The normalized spacial score (nSPS) is 20.6. The van der Waals surface area contributed by atoms with Crippen molar-refractivity contribution < 1.29 is 28.7 Å². The first-order valence-corrected chi connectivity index (χ1v) is 25.3. The number of carbonyl (C=O) groups excluding carboxylic acids is 4. The lowest BCUT2D eigenvalue weighted by Gasteiger charge is -2.43. The number of aryl methyl sites for hydroxylation is 1. The van der Waals surface area contributed by atoms with Gasteiger partial charge in [-0.05, 0) is 119 Å². The van der Waals surface area contributed by atoms with Crippen LogP contribution in [0.4, 0.5) is 4.79 Å². The topological polar surface area (TPSA) is 152 Å². The van der Waals surface area contributed by atoms with Crippen molar-refractivity contribution in [3.05, 3.63) is 75.7 Å². The van der Waals surface area contributed by atoms with Gasteiger partial charge in [-0.15, -0.1) is 0 Å². The van der Waals surface area contributed by atoms with E-state index in [1.54, 1.807) is 14.1 Å². The van der Waals surface area contributed by atoms with Crippen LogP contribution < -0.4 is 10.9 Å². The summed E-state index contributed by atoms with van der Waals surface area (Å²) in [5, 5.41) is 9.71. The Morgan fingerprint density at radius 1 is 0.716 bits per heavy atom. The van der Waals surface area contributed by atoms with Crippen LogP contribution >= 0.6 is 0 Å². The zero-order valence-electron chi connectivity index (χ0n) is 39.7. The Labute approximate surface area is 394 Å². The molecule has 5 heterocycles. The Kier molecular flexibility index (Phi) is 14.9. The van der Waals surface area contributed by atoms with Crippen molar-refractivity contribution in [2.45, 2.75) is 135 Å². The third kappa shape index (κ3) is 11.0. The van der Waals surface area contributed by atoms with Gasteiger partial charge in [-0.25, -0.2) is 9.48 Å². The van der Waals surface area contributed by atoms with Gasteiger partial charge < -0.3 is 29.5 Å². The molecule has 3 amide bonds. The number of piperazine rings is 1. The number of esters is 2. The number of nitrogens with one attached hydrogen (secondary N) is 1. The third-order valence-electron chi connectivity index (χ3n) is 15.6.